The molecule has 0 unspecified atom stereocenters. The van der Waals surface area contributed by atoms with Crippen molar-refractivity contribution in [3.63, 3.8) is 0 Å². The molecular formula is C24H29FN4O. The Balaban J connectivity index is 1.37. The molecule has 30 heavy (non-hydrogen) atoms. The summed E-state index contributed by atoms with van der Waals surface area (Å²) in [5, 5.41) is 6.21. The topological polar surface area (TPSA) is 56.7 Å². The highest BCUT2D eigenvalue weighted by Crippen LogP contribution is 2.19. The summed E-state index contributed by atoms with van der Waals surface area (Å²) in [6, 6.07) is 16.4. The van der Waals surface area contributed by atoms with Crippen LogP contribution in [-0.2, 0) is 11.2 Å². The van der Waals surface area contributed by atoms with Crippen molar-refractivity contribution in [2.24, 2.45) is 4.99 Å². The van der Waals surface area contributed by atoms with Crippen LogP contribution in [0.25, 0.3) is 6.08 Å². The maximum atomic E-state index is 12.9. The van der Waals surface area contributed by atoms with Crippen LogP contribution in [-0.4, -0.2) is 50.0 Å². The first-order valence-electron chi connectivity index (χ1n) is 10.4. The minimum absolute atomic E-state index is 0.0768. The SMILES string of the molecule is CN=C(NCCNC(=O)Cc1ccc(F)cc1)N1CCC(=Cc2ccccc2)CC1. The molecule has 0 aliphatic carbocycles. The van der Waals surface area contributed by atoms with E-state index in [1.165, 1.54) is 23.3 Å². The van der Waals surface area contributed by atoms with Gasteiger partial charge in [0, 0.05) is 33.2 Å². The largest absolute Gasteiger partial charge is 0.354 e. The van der Waals surface area contributed by atoms with Crippen molar-refractivity contribution < 1.29 is 9.18 Å². The fraction of sp³-hybridized carbons (Fsp3) is 0.333. The molecule has 2 aromatic rings. The number of guanidine groups is 1. The number of hydrogen-bond donors (Lipinski definition) is 2. The molecule has 1 heterocycles. The number of piperidine rings is 1. The van der Waals surface area contributed by atoms with E-state index >= 15 is 0 Å². The van der Waals surface area contributed by atoms with Crippen LogP contribution in [0.5, 0.6) is 0 Å². The number of nitrogens with zero attached hydrogens (tertiary/aromatic N) is 2. The van der Waals surface area contributed by atoms with Crippen molar-refractivity contribution in [3.8, 4) is 0 Å². The average Bonchev–Trinajstić information content (AvgIpc) is 2.77. The summed E-state index contributed by atoms with van der Waals surface area (Å²) in [7, 11) is 1.78. The zero-order chi connectivity index (χ0) is 21.2. The molecule has 1 saturated heterocycles. The Hall–Kier alpha value is -3.15. The summed E-state index contributed by atoms with van der Waals surface area (Å²) in [5.41, 5.74) is 3.51. The van der Waals surface area contributed by atoms with Gasteiger partial charge in [-0.1, -0.05) is 54.1 Å². The van der Waals surface area contributed by atoms with Gasteiger partial charge in [-0.05, 0) is 36.1 Å². The Morgan fingerprint density at radius 1 is 1.03 bits per heavy atom. The fourth-order valence-electron chi connectivity index (χ4n) is 3.49. The molecule has 0 radical (unpaired) electrons. The third-order valence-corrected chi connectivity index (χ3v) is 5.10. The van der Waals surface area contributed by atoms with Crippen LogP contribution in [0.4, 0.5) is 4.39 Å². The number of rotatable bonds is 6. The summed E-state index contributed by atoms with van der Waals surface area (Å²) in [6.45, 7) is 2.96. The number of likely N-dealkylation sites (tertiary alicyclic amines) is 1. The van der Waals surface area contributed by atoms with E-state index in [-0.39, 0.29) is 18.1 Å². The zero-order valence-electron chi connectivity index (χ0n) is 17.4. The number of carbonyl (C=O) groups is 1. The number of halogens is 1. The zero-order valence-corrected chi connectivity index (χ0v) is 17.4. The lowest BCUT2D eigenvalue weighted by Crippen LogP contribution is -2.46. The number of hydrogen-bond acceptors (Lipinski definition) is 2. The van der Waals surface area contributed by atoms with Crippen molar-refractivity contribution in [3.05, 3.63) is 77.1 Å². The normalized spacial score (nSPS) is 14.4. The van der Waals surface area contributed by atoms with Crippen LogP contribution < -0.4 is 10.6 Å². The van der Waals surface area contributed by atoms with Crippen molar-refractivity contribution in [2.45, 2.75) is 19.3 Å². The van der Waals surface area contributed by atoms with Gasteiger partial charge in [-0.15, -0.1) is 0 Å². The second kappa shape index (κ2) is 11.1. The second-order valence-corrected chi connectivity index (χ2v) is 7.33. The first-order valence-corrected chi connectivity index (χ1v) is 10.4. The lowest BCUT2D eigenvalue weighted by molar-refractivity contribution is -0.120. The van der Waals surface area contributed by atoms with E-state index < -0.39 is 0 Å². The summed E-state index contributed by atoms with van der Waals surface area (Å²) >= 11 is 0. The summed E-state index contributed by atoms with van der Waals surface area (Å²) in [6.07, 6.45) is 4.57. The molecule has 1 fully saturated rings. The smallest absolute Gasteiger partial charge is 0.224 e. The Morgan fingerprint density at radius 2 is 1.70 bits per heavy atom. The monoisotopic (exact) mass is 408 g/mol. The quantitative estimate of drug-likeness (QED) is 0.438. The maximum absolute atomic E-state index is 12.9. The van der Waals surface area contributed by atoms with Gasteiger partial charge < -0.3 is 15.5 Å². The first-order chi connectivity index (χ1) is 14.6. The molecule has 5 nitrogen and oxygen atoms in total. The van der Waals surface area contributed by atoms with Gasteiger partial charge in [0.25, 0.3) is 0 Å². The fourth-order valence-corrected chi connectivity index (χ4v) is 3.49. The molecule has 1 aliphatic rings. The third-order valence-electron chi connectivity index (χ3n) is 5.10. The molecule has 3 rings (SSSR count). The number of nitrogens with one attached hydrogen (secondary N) is 2. The second-order valence-electron chi connectivity index (χ2n) is 7.33. The molecule has 0 bridgehead atoms. The van der Waals surface area contributed by atoms with Crippen molar-refractivity contribution in [1.29, 1.82) is 0 Å². The van der Waals surface area contributed by atoms with Crippen molar-refractivity contribution in [2.75, 3.05) is 33.2 Å². The molecule has 0 aromatic heterocycles. The Morgan fingerprint density at radius 3 is 2.37 bits per heavy atom. The standard InChI is InChI=1S/C24H29FN4O/c1-26-24(28-14-13-27-23(30)18-20-7-9-22(25)10-8-20)29-15-11-21(12-16-29)17-19-5-3-2-4-6-19/h2-10,17H,11-16,18H2,1H3,(H,26,28)(H,27,30). The lowest BCUT2D eigenvalue weighted by Gasteiger charge is -2.31. The molecule has 6 heteroatoms. The minimum Gasteiger partial charge on any atom is -0.354 e. The highest BCUT2D eigenvalue weighted by atomic mass is 19.1. The van der Waals surface area contributed by atoms with Gasteiger partial charge in [0.1, 0.15) is 5.82 Å². The number of aliphatic imine (C=N–C) groups is 1. The third kappa shape index (κ3) is 6.72. The van der Waals surface area contributed by atoms with Gasteiger partial charge >= 0.3 is 0 Å². The van der Waals surface area contributed by atoms with E-state index in [0.717, 1.165) is 37.5 Å². The maximum Gasteiger partial charge on any atom is 0.224 e. The van der Waals surface area contributed by atoms with Gasteiger partial charge in [-0.25, -0.2) is 4.39 Å². The van der Waals surface area contributed by atoms with Gasteiger partial charge in [0.15, 0.2) is 5.96 Å². The predicted octanol–water partition coefficient (Wildman–Crippen LogP) is 3.24. The molecule has 2 aromatic carbocycles. The summed E-state index contributed by atoms with van der Waals surface area (Å²) < 4.78 is 12.9. The van der Waals surface area contributed by atoms with E-state index in [0.29, 0.717) is 13.1 Å². The molecule has 2 N–H and O–H groups in total. The van der Waals surface area contributed by atoms with Crippen LogP contribution in [0.3, 0.4) is 0 Å². The average molecular weight is 409 g/mol. The van der Waals surface area contributed by atoms with Gasteiger partial charge in [-0.2, -0.15) is 0 Å². The number of benzene rings is 2. The molecule has 0 atom stereocenters. The van der Waals surface area contributed by atoms with Gasteiger partial charge in [-0.3, -0.25) is 9.79 Å². The first kappa shape index (κ1) is 21.6. The molecule has 0 saturated carbocycles. The van der Waals surface area contributed by atoms with Crippen LogP contribution in [0, 0.1) is 5.82 Å². The van der Waals surface area contributed by atoms with E-state index in [1.807, 2.05) is 6.07 Å². The Bertz CT molecular complexity index is 868. The summed E-state index contributed by atoms with van der Waals surface area (Å²) in [5.74, 6) is 0.490. The highest BCUT2D eigenvalue weighted by Gasteiger charge is 2.17. The number of amides is 1. The van der Waals surface area contributed by atoms with E-state index in [1.54, 1.807) is 19.2 Å². The van der Waals surface area contributed by atoms with Crippen LogP contribution >= 0.6 is 0 Å². The van der Waals surface area contributed by atoms with E-state index in [4.69, 9.17) is 0 Å². The summed E-state index contributed by atoms with van der Waals surface area (Å²) in [4.78, 5) is 18.6. The predicted molar refractivity (Wildman–Crippen MR) is 120 cm³/mol. The van der Waals surface area contributed by atoms with E-state index in [2.05, 4.69) is 50.9 Å². The van der Waals surface area contributed by atoms with Crippen molar-refractivity contribution >= 4 is 17.9 Å². The lowest BCUT2D eigenvalue weighted by atomic mass is 10.0. The molecule has 0 spiro atoms. The Labute approximate surface area is 177 Å². The minimum atomic E-state index is -0.296. The van der Waals surface area contributed by atoms with Gasteiger partial charge in [0.05, 0.1) is 6.42 Å². The molecule has 1 aliphatic heterocycles. The number of carbonyl (C=O) groups excluding carboxylic acids is 1. The molecule has 1 amide bonds. The molecule has 158 valence electrons. The van der Waals surface area contributed by atoms with E-state index in [9.17, 15) is 9.18 Å². The van der Waals surface area contributed by atoms with Crippen LogP contribution in [0.15, 0.2) is 65.2 Å². The van der Waals surface area contributed by atoms with Crippen LogP contribution in [0.1, 0.15) is 24.0 Å². The Kier molecular flexibility index (Phi) is 8.01. The highest BCUT2D eigenvalue weighted by molar-refractivity contribution is 5.80. The van der Waals surface area contributed by atoms with Crippen LogP contribution in [0.2, 0.25) is 0 Å². The molecular weight excluding hydrogens is 379 g/mol. The van der Waals surface area contributed by atoms with Crippen molar-refractivity contribution in [1.82, 2.24) is 15.5 Å². The van der Waals surface area contributed by atoms with Gasteiger partial charge in [0.2, 0.25) is 5.91 Å².